The van der Waals surface area contributed by atoms with Crippen molar-refractivity contribution in [3.8, 4) is 0 Å². The van der Waals surface area contributed by atoms with Gasteiger partial charge in [-0.3, -0.25) is 9.59 Å². The summed E-state index contributed by atoms with van der Waals surface area (Å²) in [6, 6.07) is 9.56. The van der Waals surface area contributed by atoms with Crippen LogP contribution in [0.15, 0.2) is 58.7 Å². The number of benzene rings is 1. The van der Waals surface area contributed by atoms with Crippen LogP contribution in [-0.4, -0.2) is 56.9 Å². The summed E-state index contributed by atoms with van der Waals surface area (Å²) in [5.74, 6) is 0.596. The first kappa shape index (κ1) is 21.0. The van der Waals surface area contributed by atoms with Gasteiger partial charge in [0.25, 0.3) is 5.56 Å². The Bertz CT molecular complexity index is 1100. The summed E-state index contributed by atoms with van der Waals surface area (Å²) in [5, 5.41) is 0.365. The molecular formula is C21H21FN6O2S. The molecule has 1 saturated heterocycles. The van der Waals surface area contributed by atoms with E-state index in [1.165, 1.54) is 23.9 Å². The second-order valence-electron chi connectivity index (χ2n) is 7.02. The molecule has 31 heavy (non-hydrogen) atoms. The average Bonchev–Trinajstić information content (AvgIpc) is 2.79. The molecule has 0 unspecified atom stereocenters. The number of nitrogens with zero attached hydrogens (tertiary/aromatic N) is 5. The monoisotopic (exact) mass is 440 g/mol. The lowest BCUT2D eigenvalue weighted by Gasteiger charge is -2.34. The van der Waals surface area contributed by atoms with Crippen LogP contribution in [0.5, 0.6) is 0 Å². The van der Waals surface area contributed by atoms with Gasteiger partial charge in [0, 0.05) is 50.4 Å². The number of thioether (sulfide) groups is 1. The average molecular weight is 441 g/mol. The molecular weight excluding hydrogens is 419 g/mol. The van der Waals surface area contributed by atoms with Gasteiger partial charge in [-0.25, -0.2) is 19.3 Å². The highest BCUT2D eigenvalue weighted by molar-refractivity contribution is 7.98. The summed E-state index contributed by atoms with van der Waals surface area (Å²) in [4.78, 5) is 44.0. The molecule has 0 aliphatic carbocycles. The highest BCUT2D eigenvalue weighted by atomic mass is 32.2. The maximum absolute atomic E-state index is 13.8. The molecule has 160 valence electrons. The predicted molar refractivity (Wildman–Crippen MR) is 115 cm³/mol. The number of aromatic amines is 1. The third-order valence-electron chi connectivity index (χ3n) is 4.89. The van der Waals surface area contributed by atoms with Crippen molar-refractivity contribution >= 4 is 23.6 Å². The number of anilines is 1. The zero-order chi connectivity index (χ0) is 21.6. The lowest BCUT2D eigenvalue weighted by Crippen LogP contribution is -2.49. The first-order valence-electron chi connectivity index (χ1n) is 9.85. The molecule has 1 aromatic carbocycles. The number of carbonyl (C=O) groups excluding carboxylic acids is 1. The van der Waals surface area contributed by atoms with E-state index in [-0.39, 0.29) is 23.7 Å². The molecule has 1 aliphatic heterocycles. The van der Waals surface area contributed by atoms with Crippen molar-refractivity contribution in [3.63, 3.8) is 0 Å². The van der Waals surface area contributed by atoms with Gasteiger partial charge in [0.2, 0.25) is 11.9 Å². The second-order valence-corrected chi connectivity index (χ2v) is 7.98. The quantitative estimate of drug-likeness (QED) is 0.462. The number of piperazine rings is 1. The van der Waals surface area contributed by atoms with Gasteiger partial charge in [-0.2, -0.15) is 0 Å². The number of H-pyrrole nitrogens is 1. The number of halogens is 1. The van der Waals surface area contributed by atoms with E-state index in [1.54, 1.807) is 41.6 Å². The molecule has 0 bridgehead atoms. The Hall–Kier alpha value is -3.27. The fourth-order valence-corrected chi connectivity index (χ4v) is 4.16. The summed E-state index contributed by atoms with van der Waals surface area (Å²) < 4.78 is 13.8. The lowest BCUT2D eigenvalue weighted by atomic mass is 10.2. The van der Waals surface area contributed by atoms with Crippen LogP contribution < -0.4 is 10.5 Å². The first-order valence-corrected chi connectivity index (χ1v) is 10.8. The second kappa shape index (κ2) is 9.69. The Balaban J connectivity index is 1.35. The van der Waals surface area contributed by atoms with Gasteiger partial charge in [0.15, 0.2) is 5.16 Å². The Labute approximate surface area is 182 Å². The van der Waals surface area contributed by atoms with Crippen molar-refractivity contribution in [2.75, 3.05) is 31.1 Å². The summed E-state index contributed by atoms with van der Waals surface area (Å²) >= 11 is 1.22. The van der Waals surface area contributed by atoms with Gasteiger partial charge in [0.05, 0.1) is 12.1 Å². The van der Waals surface area contributed by atoms with Gasteiger partial charge >= 0.3 is 0 Å². The van der Waals surface area contributed by atoms with Crippen LogP contribution in [-0.2, 0) is 17.0 Å². The van der Waals surface area contributed by atoms with E-state index in [9.17, 15) is 14.0 Å². The summed E-state index contributed by atoms with van der Waals surface area (Å²) in [6.45, 7) is 2.38. The van der Waals surface area contributed by atoms with Crippen LogP contribution >= 0.6 is 11.8 Å². The molecule has 2 aromatic heterocycles. The van der Waals surface area contributed by atoms with Crippen molar-refractivity contribution in [2.45, 2.75) is 17.3 Å². The normalized spacial score (nSPS) is 14.0. The zero-order valence-corrected chi connectivity index (χ0v) is 17.5. The van der Waals surface area contributed by atoms with Crippen LogP contribution in [0, 0.1) is 5.82 Å². The van der Waals surface area contributed by atoms with E-state index in [2.05, 4.69) is 19.9 Å². The van der Waals surface area contributed by atoms with E-state index in [0.717, 1.165) is 0 Å². The minimum absolute atomic E-state index is 0.0407. The molecule has 0 spiro atoms. The van der Waals surface area contributed by atoms with E-state index < -0.39 is 0 Å². The number of hydrogen-bond donors (Lipinski definition) is 1. The van der Waals surface area contributed by atoms with Crippen molar-refractivity contribution in [1.29, 1.82) is 0 Å². The Morgan fingerprint density at radius 3 is 2.58 bits per heavy atom. The molecule has 1 N–H and O–H groups in total. The highest BCUT2D eigenvalue weighted by Gasteiger charge is 2.23. The molecule has 3 aromatic rings. The first-order chi connectivity index (χ1) is 15.1. The van der Waals surface area contributed by atoms with Crippen LogP contribution in [0.3, 0.4) is 0 Å². The van der Waals surface area contributed by atoms with E-state index in [4.69, 9.17) is 0 Å². The van der Waals surface area contributed by atoms with Crippen LogP contribution in [0.1, 0.15) is 11.3 Å². The SMILES string of the molecule is O=C(Cc1cc(=O)[nH]c(SCc2ccccc2F)n1)N1CCN(c2ncccn2)CC1. The van der Waals surface area contributed by atoms with Crippen molar-refractivity contribution in [2.24, 2.45) is 0 Å². The predicted octanol–water partition coefficient (Wildman–Crippen LogP) is 1.88. The van der Waals surface area contributed by atoms with Crippen LogP contribution in [0.4, 0.5) is 10.3 Å². The number of rotatable bonds is 6. The van der Waals surface area contributed by atoms with Gasteiger partial charge in [0.1, 0.15) is 5.82 Å². The molecule has 3 heterocycles. The molecule has 0 saturated carbocycles. The highest BCUT2D eigenvalue weighted by Crippen LogP contribution is 2.20. The molecule has 1 aliphatic rings. The van der Waals surface area contributed by atoms with E-state index >= 15 is 0 Å². The Morgan fingerprint density at radius 1 is 1.10 bits per heavy atom. The fraction of sp³-hybridized carbons (Fsp3) is 0.286. The van der Waals surface area contributed by atoms with Crippen LogP contribution in [0.25, 0.3) is 0 Å². The lowest BCUT2D eigenvalue weighted by molar-refractivity contribution is -0.130. The topological polar surface area (TPSA) is 95.1 Å². The minimum atomic E-state index is -0.333. The third-order valence-corrected chi connectivity index (χ3v) is 5.82. The van der Waals surface area contributed by atoms with E-state index in [1.807, 2.05) is 4.90 Å². The van der Waals surface area contributed by atoms with Gasteiger partial charge in [-0.1, -0.05) is 30.0 Å². The van der Waals surface area contributed by atoms with Gasteiger partial charge in [-0.05, 0) is 17.7 Å². The van der Waals surface area contributed by atoms with Gasteiger partial charge < -0.3 is 14.8 Å². The number of carbonyl (C=O) groups is 1. The zero-order valence-electron chi connectivity index (χ0n) is 16.7. The fourth-order valence-electron chi connectivity index (χ4n) is 3.28. The van der Waals surface area contributed by atoms with Crippen molar-refractivity contribution in [3.05, 3.63) is 76.2 Å². The van der Waals surface area contributed by atoms with Crippen LogP contribution in [0.2, 0.25) is 0 Å². The molecule has 0 atom stereocenters. The standard InChI is InChI=1S/C21H21FN6O2S/c22-17-5-2-1-4-15(17)14-31-21-25-16(12-18(29)26-21)13-19(30)27-8-10-28(11-9-27)20-23-6-3-7-24-20/h1-7,12H,8-11,13-14H2,(H,25,26,29). The van der Waals surface area contributed by atoms with E-state index in [0.29, 0.717) is 54.3 Å². The summed E-state index contributed by atoms with van der Waals surface area (Å²) in [5.41, 5.74) is 0.593. The molecule has 10 heteroatoms. The number of aromatic nitrogens is 4. The summed E-state index contributed by atoms with van der Waals surface area (Å²) in [6.07, 6.45) is 3.43. The Morgan fingerprint density at radius 2 is 1.84 bits per heavy atom. The smallest absolute Gasteiger partial charge is 0.251 e. The number of hydrogen-bond acceptors (Lipinski definition) is 7. The van der Waals surface area contributed by atoms with Crippen molar-refractivity contribution < 1.29 is 9.18 Å². The molecule has 1 amide bonds. The molecule has 0 radical (unpaired) electrons. The molecule has 8 nitrogen and oxygen atoms in total. The maximum atomic E-state index is 13.8. The third kappa shape index (κ3) is 5.46. The molecule has 1 fully saturated rings. The number of amides is 1. The summed E-state index contributed by atoms with van der Waals surface area (Å²) in [7, 11) is 0. The number of nitrogens with one attached hydrogen (secondary N) is 1. The maximum Gasteiger partial charge on any atom is 0.251 e. The van der Waals surface area contributed by atoms with Gasteiger partial charge in [-0.15, -0.1) is 0 Å². The van der Waals surface area contributed by atoms with Crippen molar-refractivity contribution in [1.82, 2.24) is 24.8 Å². The largest absolute Gasteiger partial charge is 0.339 e. The minimum Gasteiger partial charge on any atom is -0.339 e. The molecule has 4 rings (SSSR count). The Kier molecular flexibility index (Phi) is 6.56.